The van der Waals surface area contributed by atoms with Crippen molar-refractivity contribution in [1.82, 2.24) is 9.97 Å². The highest BCUT2D eigenvalue weighted by atomic mass is 32.1. The summed E-state index contributed by atoms with van der Waals surface area (Å²) in [7, 11) is 0. The third-order valence-electron chi connectivity index (χ3n) is 6.18. The molecule has 1 saturated heterocycles. The van der Waals surface area contributed by atoms with E-state index in [0.717, 1.165) is 11.0 Å². The molecule has 8 nitrogen and oxygen atoms in total. The average Bonchev–Trinajstić information content (AvgIpc) is 3.04. The number of nitriles is 1. The molecule has 3 aromatic rings. The van der Waals surface area contributed by atoms with Gasteiger partial charge in [0.15, 0.2) is 10.9 Å². The first-order chi connectivity index (χ1) is 17.8. The maximum atomic E-state index is 15.4. The Hall–Kier alpha value is -3.82. The molecule has 0 saturated carbocycles. The summed E-state index contributed by atoms with van der Waals surface area (Å²) >= 11 is 5.62. The summed E-state index contributed by atoms with van der Waals surface area (Å²) in [4.78, 5) is 24.6. The van der Waals surface area contributed by atoms with Crippen LogP contribution in [0.1, 0.15) is 44.6 Å². The lowest BCUT2D eigenvalue weighted by atomic mass is 10.0. The topological polar surface area (TPSA) is 103 Å². The van der Waals surface area contributed by atoms with Gasteiger partial charge in [0.2, 0.25) is 5.88 Å². The first kappa shape index (κ1) is 27.2. The summed E-state index contributed by atoms with van der Waals surface area (Å²) in [6.07, 6.45) is 0.419. The van der Waals surface area contributed by atoms with Gasteiger partial charge in [-0.15, -0.1) is 0 Å². The van der Waals surface area contributed by atoms with Gasteiger partial charge in [0, 0.05) is 24.6 Å². The third kappa shape index (κ3) is 4.52. The van der Waals surface area contributed by atoms with Crippen LogP contribution in [-0.2, 0) is 17.1 Å². The number of carbonyl (C=O) groups excluding carboxylic acids is 1. The fourth-order valence-corrected chi connectivity index (χ4v) is 4.84. The Bertz CT molecular complexity index is 1500. The average molecular weight is 544 g/mol. The Balaban J connectivity index is 1.86. The van der Waals surface area contributed by atoms with Crippen LogP contribution in [0, 0.1) is 17.1 Å². The number of rotatable bonds is 7. The van der Waals surface area contributed by atoms with E-state index in [1.54, 1.807) is 26.8 Å². The van der Waals surface area contributed by atoms with Gasteiger partial charge in [-0.1, -0.05) is 6.92 Å². The lowest BCUT2D eigenvalue weighted by Gasteiger charge is -2.29. The number of nitrogens with zero attached hydrogens (tertiary/aromatic N) is 5. The molecule has 0 aliphatic carbocycles. The number of aromatic nitrogens is 2. The highest BCUT2D eigenvalue weighted by Crippen LogP contribution is 2.41. The molecule has 1 aromatic heterocycles. The van der Waals surface area contributed by atoms with Crippen LogP contribution < -0.4 is 14.5 Å². The fourth-order valence-electron chi connectivity index (χ4n) is 4.32. The van der Waals surface area contributed by atoms with Crippen LogP contribution in [0.4, 0.5) is 24.5 Å². The van der Waals surface area contributed by atoms with E-state index in [1.165, 1.54) is 29.2 Å². The van der Waals surface area contributed by atoms with Gasteiger partial charge in [-0.05, 0) is 56.4 Å². The number of aryl methyl sites for hydroxylation is 1. The molecule has 2 heterocycles. The lowest BCUT2D eigenvalue weighted by molar-refractivity contribution is -0.120. The van der Waals surface area contributed by atoms with Gasteiger partial charge in [-0.25, -0.2) is 18.2 Å². The van der Waals surface area contributed by atoms with Gasteiger partial charge in [0.25, 0.3) is 11.8 Å². The van der Waals surface area contributed by atoms with Crippen molar-refractivity contribution < 1.29 is 27.8 Å². The molecule has 1 aliphatic rings. The van der Waals surface area contributed by atoms with Crippen molar-refractivity contribution >= 4 is 45.5 Å². The largest absolute Gasteiger partial charge is 0.475 e. The number of ether oxygens (including phenoxy) is 1. The van der Waals surface area contributed by atoms with Crippen molar-refractivity contribution in [3.05, 3.63) is 53.1 Å². The Morgan fingerprint density at radius 3 is 2.53 bits per heavy atom. The van der Waals surface area contributed by atoms with Crippen molar-refractivity contribution in [2.24, 2.45) is 0 Å². The molecule has 1 fully saturated rings. The van der Waals surface area contributed by atoms with Crippen LogP contribution in [0.3, 0.4) is 0 Å². The van der Waals surface area contributed by atoms with Crippen LogP contribution in [-0.4, -0.2) is 44.8 Å². The number of hydrogen-bond donors (Lipinski definition) is 1. The number of anilines is 2. The number of aliphatic hydroxyl groups excluding tert-OH is 1. The number of aliphatic hydroxyl groups is 1. The van der Waals surface area contributed by atoms with Crippen LogP contribution in [0.2, 0.25) is 0 Å². The number of amides is 1. The van der Waals surface area contributed by atoms with E-state index in [4.69, 9.17) is 17.0 Å². The molecule has 0 radical (unpaired) electrons. The monoisotopic (exact) mass is 543 g/mol. The Morgan fingerprint density at radius 2 is 1.92 bits per heavy atom. The molecule has 12 heteroatoms. The number of alkyl halides is 2. The van der Waals surface area contributed by atoms with E-state index in [2.05, 4.69) is 9.97 Å². The van der Waals surface area contributed by atoms with Crippen molar-refractivity contribution in [2.45, 2.75) is 45.6 Å². The van der Waals surface area contributed by atoms with Gasteiger partial charge < -0.3 is 14.7 Å². The van der Waals surface area contributed by atoms with E-state index in [1.807, 2.05) is 0 Å². The van der Waals surface area contributed by atoms with Gasteiger partial charge in [-0.3, -0.25) is 9.69 Å². The Kier molecular flexibility index (Phi) is 7.03. The highest BCUT2D eigenvalue weighted by molar-refractivity contribution is 7.81. The molecule has 1 aliphatic heterocycles. The number of benzene rings is 2. The SMILES string of the molecule is CCc1nc(OCCO)c2cc(N3C(=S)N(c4ccc(C#N)c(C(C)(F)F)c4)C(=O)C3(C)C)cc(F)c2n1. The van der Waals surface area contributed by atoms with Crippen molar-refractivity contribution in [3.63, 3.8) is 0 Å². The van der Waals surface area contributed by atoms with Gasteiger partial charge in [0.05, 0.1) is 29.3 Å². The molecule has 1 amide bonds. The Morgan fingerprint density at radius 1 is 1.21 bits per heavy atom. The zero-order chi connectivity index (χ0) is 28.0. The standard InChI is InChI=1S/C26H24F3N5O3S/c1-5-20-31-21-17(22(32-20)37-9-8-35)10-16(12-19(21)27)34-24(38)33(23(36)25(34,2)3)15-7-6-14(13-30)18(11-15)26(4,28)29/h6-7,10-12,35H,5,8-9H2,1-4H3. The van der Waals surface area contributed by atoms with Crippen molar-refractivity contribution in [2.75, 3.05) is 23.0 Å². The second-order valence-electron chi connectivity index (χ2n) is 9.24. The minimum absolute atomic E-state index is 0.00144. The summed E-state index contributed by atoms with van der Waals surface area (Å²) < 4.78 is 49.5. The molecule has 0 atom stereocenters. The summed E-state index contributed by atoms with van der Waals surface area (Å²) in [6.45, 7) is 5.24. The van der Waals surface area contributed by atoms with Gasteiger partial charge in [-0.2, -0.15) is 10.2 Å². The smallest absolute Gasteiger partial charge is 0.271 e. The van der Waals surface area contributed by atoms with E-state index in [-0.39, 0.29) is 52.0 Å². The molecule has 38 heavy (non-hydrogen) atoms. The highest BCUT2D eigenvalue weighted by Gasteiger charge is 2.50. The van der Waals surface area contributed by atoms with E-state index < -0.39 is 28.7 Å². The molecule has 1 N–H and O–H groups in total. The first-order valence-electron chi connectivity index (χ1n) is 11.7. The molecule has 4 rings (SSSR count). The second-order valence-corrected chi connectivity index (χ2v) is 9.61. The van der Waals surface area contributed by atoms with Crippen molar-refractivity contribution in [3.8, 4) is 11.9 Å². The minimum Gasteiger partial charge on any atom is -0.475 e. The van der Waals surface area contributed by atoms with Crippen LogP contribution >= 0.6 is 12.2 Å². The van der Waals surface area contributed by atoms with Crippen LogP contribution in [0.5, 0.6) is 5.88 Å². The predicted octanol–water partition coefficient (Wildman–Crippen LogP) is 4.60. The van der Waals surface area contributed by atoms with Crippen LogP contribution in [0.25, 0.3) is 10.9 Å². The van der Waals surface area contributed by atoms with Crippen LogP contribution in [0.15, 0.2) is 30.3 Å². The molecular weight excluding hydrogens is 519 g/mol. The minimum atomic E-state index is -3.34. The summed E-state index contributed by atoms with van der Waals surface area (Å²) in [5.74, 6) is -4.18. The molecule has 2 aromatic carbocycles. The second kappa shape index (κ2) is 9.81. The molecular formula is C26H24F3N5O3S. The number of hydrogen-bond acceptors (Lipinski definition) is 7. The summed E-state index contributed by atoms with van der Waals surface area (Å²) in [6, 6.07) is 8.07. The normalized spacial score (nSPS) is 15.3. The van der Waals surface area contributed by atoms with E-state index in [9.17, 15) is 23.9 Å². The number of carbonyl (C=O) groups is 1. The summed E-state index contributed by atoms with van der Waals surface area (Å²) in [5, 5.41) is 18.6. The Labute approximate surface area is 222 Å². The van der Waals surface area contributed by atoms with E-state index in [0.29, 0.717) is 19.2 Å². The lowest BCUT2D eigenvalue weighted by Crippen LogP contribution is -2.44. The zero-order valence-corrected chi connectivity index (χ0v) is 21.9. The van der Waals surface area contributed by atoms with E-state index >= 15 is 4.39 Å². The maximum absolute atomic E-state index is 15.4. The fraction of sp³-hybridized carbons (Fsp3) is 0.346. The van der Waals surface area contributed by atoms with Gasteiger partial charge in [0.1, 0.15) is 23.5 Å². The van der Waals surface area contributed by atoms with Gasteiger partial charge >= 0.3 is 0 Å². The maximum Gasteiger partial charge on any atom is 0.271 e. The third-order valence-corrected chi connectivity index (χ3v) is 6.54. The zero-order valence-electron chi connectivity index (χ0n) is 21.0. The number of fused-ring (bicyclic) bond motifs is 1. The summed E-state index contributed by atoms with van der Waals surface area (Å²) in [5.41, 5.74) is -1.87. The molecule has 0 unspecified atom stereocenters. The number of halogens is 3. The molecule has 0 spiro atoms. The molecule has 198 valence electrons. The predicted molar refractivity (Wildman–Crippen MR) is 139 cm³/mol. The van der Waals surface area contributed by atoms with Crippen molar-refractivity contribution in [1.29, 1.82) is 5.26 Å². The number of thiocarbonyl (C=S) groups is 1. The first-order valence-corrected chi connectivity index (χ1v) is 12.1. The molecule has 0 bridgehead atoms. The quantitative estimate of drug-likeness (QED) is 0.432.